The van der Waals surface area contributed by atoms with Gasteiger partial charge in [0.2, 0.25) is 0 Å². The number of hydrogen-bond acceptors (Lipinski definition) is 4. The van der Waals surface area contributed by atoms with Crippen molar-refractivity contribution in [2.75, 3.05) is 33.8 Å². The van der Waals surface area contributed by atoms with Gasteiger partial charge in [-0.1, -0.05) is 0 Å². The fourth-order valence-corrected chi connectivity index (χ4v) is 1.90. The van der Waals surface area contributed by atoms with Crippen LogP contribution in [-0.2, 0) is 4.79 Å². The molecule has 0 fully saturated rings. The first kappa shape index (κ1) is 17.7. The maximum atomic E-state index is 12.0. The van der Waals surface area contributed by atoms with Crippen molar-refractivity contribution in [3.8, 4) is 0 Å². The van der Waals surface area contributed by atoms with E-state index in [9.17, 15) is 9.59 Å². The fraction of sp³-hybridized carbons (Fsp3) is 0.833. The number of aliphatic hydroxyl groups excluding tert-OH is 1. The van der Waals surface area contributed by atoms with E-state index in [1.54, 1.807) is 4.90 Å². The number of carboxylic acid groups (broad SMARTS) is 1. The number of carbonyl (C=O) groups excluding carboxylic acids is 1. The standard InChI is InChI=1S/C12H25N3O4/c1-5-15(9(2)8-14(3)4)12(19)13-10(6-7-16)11(17)18/h9-10,16H,5-8H2,1-4H3,(H,13,19)(H,17,18)/t9?,10-/m0/s1. The van der Waals surface area contributed by atoms with Crippen molar-refractivity contribution >= 4 is 12.0 Å². The first-order chi connectivity index (χ1) is 8.83. The topological polar surface area (TPSA) is 93.1 Å². The molecule has 0 spiro atoms. The van der Waals surface area contributed by atoms with E-state index in [0.717, 1.165) is 0 Å². The molecule has 2 amide bonds. The minimum absolute atomic E-state index is 0.000684. The zero-order valence-electron chi connectivity index (χ0n) is 12.1. The molecule has 0 saturated carbocycles. The Bertz CT molecular complexity index is 297. The van der Waals surface area contributed by atoms with Crippen molar-refractivity contribution in [2.24, 2.45) is 0 Å². The molecular weight excluding hydrogens is 250 g/mol. The molecule has 0 bridgehead atoms. The first-order valence-corrected chi connectivity index (χ1v) is 6.39. The summed E-state index contributed by atoms with van der Waals surface area (Å²) in [5.74, 6) is -1.14. The van der Waals surface area contributed by atoms with Crippen LogP contribution in [0.4, 0.5) is 4.79 Å². The third-order valence-electron chi connectivity index (χ3n) is 2.78. The number of amides is 2. The molecule has 7 nitrogen and oxygen atoms in total. The maximum absolute atomic E-state index is 12.0. The van der Waals surface area contributed by atoms with Gasteiger partial charge < -0.3 is 25.3 Å². The summed E-state index contributed by atoms with van der Waals surface area (Å²) in [6, 6.07) is -1.50. The Balaban J connectivity index is 4.61. The molecular formula is C12H25N3O4. The summed E-state index contributed by atoms with van der Waals surface area (Å²) in [5, 5.41) is 20.2. The predicted octanol–water partition coefficient (Wildman–Crippen LogP) is -0.196. The number of rotatable bonds is 8. The van der Waals surface area contributed by atoms with Crippen LogP contribution in [-0.4, -0.2) is 77.9 Å². The van der Waals surface area contributed by atoms with E-state index in [2.05, 4.69) is 5.32 Å². The summed E-state index contributed by atoms with van der Waals surface area (Å²) in [4.78, 5) is 26.5. The second-order valence-corrected chi connectivity index (χ2v) is 4.75. The number of urea groups is 1. The highest BCUT2D eigenvalue weighted by Crippen LogP contribution is 2.02. The smallest absolute Gasteiger partial charge is 0.326 e. The molecule has 0 heterocycles. The van der Waals surface area contributed by atoms with Crippen LogP contribution in [0.1, 0.15) is 20.3 Å². The van der Waals surface area contributed by atoms with Crippen LogP contribution in [0.25, 0.3) is 0 Å². The van der Waals surface area contributed by atoms with Crippen LogP contribution in [0.3, 0.4) is 0 Å². The lowest BCUT2D eigenvalue weighted by molar-refractivity contribution is -0.139. The maximum Gasteiger partial charge on any atom is 0.326 e. The number of carboxylic acids is 1. The lowest BCUT2D eigenvalue weighted by atomic mass is 10.2. The predicted molar refractivity (Wildman–Crippen MR) is 72.1 cm³/mol. The fourth-order valence-electron chi connectivity index (χ4n) is 1.90. The van der Waals surface area contributed by atoms with Gasteiger partial charge in [-0.3, -0.25) is 0 Å². The second-order valence-electron chi connectivity index (χ2n) is 4.75. The van der Waals surface area contributed by atoms with Crippen molar-refractivity contribution in [1.82, 2.24) is 15.1 Å². The van der Waals surface area contributed by atoms with E-state index in [4.69, 9.17) is 10.2 Å². The van der Waals surface area contributed by atoms with Gasteiger partial charge in [-0.25, -0.2) is 9.59 Å². The zero-order chi connectivity index (χ0) is 15.0. The second kappa shape index (κ2) is 8.71. The van der Waals surface area contributed by atoms with E-state index in [1.165, 1.54) is 0 Å². The zero-order valence-corrected chi connectivity index (χ0v) is 12.1. The highest BCUT2D eigenvalue weighted by atomic mass is 16.4. The molecule has 1 unspecified atom stereocenters. The SMILES string of the molecule is CCN(C(=O)N[C@@H](CCO)C(=O)O)C(C)CN(C)C. The summed E-state index contributed by atoms with van der Waals surface area (Å²) in [7, 11) is 3.82. The van der Waals surface area contributed by atoms with E-state index >= 15 is 0 Å². The van der Waals surface area contributed by atoms with Gasteiger partial charge >= 0.3 is 12.0 Å². The molecule has 0 saturated heterocycles. The summed E-state index contributed by atoms with van der Waals surface area (Å²) >= 11 is 0. The van der Waals surface area contributed by atoms with Crippen LogP contribution in [0.5, 0.6) is 0 Å². The molecule has 0 aromatic heterocycles. The quantitative estimate of drug-likeness (QED) is 0.570. The Hall–Kier alpha value is -1.34. The molecule has 112 valence electrons. The first-order valence-electron chi connectivity index (χ1n) is 6.39. The number of aliphatic hydroxyl groups is 1. The van der Waals surface area contributed by atoms with Gasteiger partial charge in [0.05, 0.1) is 0 Å². The summed E-state index contributed by atoms with van der Waals surface area (Å²) in [5.41, 5.74) is 0. The lowest BCUT2D eigenvalue weighted by Gasteiger charge is -2.31. The van der Waals surface area contributed by atoms with Gasteiger partial charge in [0, 0.05) is 32.2 Å². The Labute approximate surface area is 114 Å². The molecule has 7 heteroatoms. The number of likely N-dealkylation sites (N-methyl/N-ethyl adjacent to an activating group) is 2. The lowest BCUT2D eigenvalue weighted by Crippen LogP contribution is -2.52. The monoisotopic (exact) mass is 275 g/mol. The third-order valence-corrected chi connectivity index (χ3v) is 2.78. The van der Waals surface area contributed by atoms with Crippen molar-refractivity contribution in [1.29, 1.82) is 0 Å². The highest BCUT2D eigenvalue weighted by molar-refractivity contribution is 5.82. The van der Waals surface area contributed by atoms with Crippen molar-refractivity contribution in [3.63, 3.8) is 0 Å². The molecule has 0 aliphatic carbocycles. The van der Waals surface area contributed by atoms with Crippen LogP contribution >= 0.6 is 0 Å². The van der Waals surface area contributed by atoms with E-state index in [0.29, 0.717) is 13.1 Å². The number of nitrogens with one attached hydrogen (secondary N) is 1. The van der Waals surface area contributed by atoms with E-state index in [-0.39, 0.29) is 19.1 Å². The number of hydrogen-bond donors (Lipinski definition) is 3. The molecule has 3 N–H and O–H groups in total. The largest absolute Gasteiger partial charge is 0.480 e. The van der Waals surface area contributed by atoms with E-state index in [1.807, 2.05) is 32.8 Å². The van der Waals surface area contributed by atoms with Crippen molar-refractivity contribution in [3.05, 3.63) is 0 Å². The molecule has 0 rings (SSSR count). The van der Waals surface area contributed by atoms with Crippen LogP contribution < -0.4 is 5.32 Å². The van der Waals surface area contributed by atoms with Gasteiger partial charge in [-0.05, 0) is 27.9 Å². The van der Waals surface area contributed by atoms with Crippen LogP contribution in [0.15, 0.2) is 0 Å². The Morgan fingerprint density at radius 1 is 1.32 bits per heavy atom. The summed E-state index contributed by atoms with van der Waals surface area (Å²) in [6.45, 7) is 4.65. The number of aliphatic carboxylic acids is 1. The van der Waals surface area contributed by atoms with E-state index < -0.39 is 18.0 Å². The average molecular weight is 275 g/mol. The van der Waals surface area contributed by atoms with Gasteiger partial charge in [-0.2, -0.15) is 0 Å². The Morgan fingerprint density at radius 3 is 2.26 bits per heavy atom. The summed E-state index contributed by atoms with van der Waals surface area (Å²) in [6.07, 6.45) is 0.000684. The minimum Gasteiger partial charge on any atom is -0.480 e. The van der Waals surface area contributed by atoms with Crippen molar-refractivity contribution in [2.45, 2.75) is 32.4 Å². The molecule has 2 atom stereocenters. The highest BCUT2D eigenvalue weighted by Gasteiger charge is 2.24. The van der Waals surface area contributed by atoms with Crippen LogP contribution in [0.2, 0.25) is 0 Å². The Morgan fingerprint density at radius 2 is 1.89 bits per heavy atom. The van der Waals surface area contributed by atoms with Gasteiger partial charge in [0.15, 0.2) is 0 Å². The molecule has 0 aliphatic rings. The number of nitrogens with zero attached hydrogens (tertiary/aromatic N) is 2. The van der Waals surface area contributed by atoms with Crippen LogP contribution in [0, 0.1) is 0 Å². The number of carbonyl (C=O) groups is 2. The van der Waals surface area contributed by atoms with Gasteiger partial charge in [-0.15, -0.1) is 0 Å². The average Bonchev–Trinajstić information content (AvgIpc) is 2.28. The molecule has 0 radical (unpaired) electrons. The Kier molecular flexibility index (Phi) is 8.09. The molecule has 0 aromatic carbocycles. The molecule has 0 aromatic rings. The third kappa shape index (κ3) is 6.40. The molecule has 19 heavy (non-hydrogen) atoms. The minimum atomic E-state index is -1.14. The van der Waals surface area contributed by atoms with Crippen molar-refractivity contribution < 1.29 is 19.8 Å². The summed E-state index contributed by atoms with van der Waals surface area (Å²) < 4.78 is 0. The van der Waals surface area contributed by atoms with Gasteiger partial charge in [0.1, 0.15) is 6.04 Å². The molecule has 0 aliphatic heterocycles. The van der Waals surface area contributed by atoms with Gasteiger partial charge in [0.25, 0.3) is 0 Å². The normalized spacial score (nSPS) is 14.0.